The van der Waals surface area contributed by atoms with Crippen molar-refractivity contribution in [2.45, 2.75) is 5.97 Å². The molecule has 11 heavy (non-hydrogen) atoms. The first-order valence-corrected chi connectivity index (χ1v) is 3.40. The number of methoxy groups -OCH3 is 3. The molecule has 4 nitrogen and oxygen atoms in total. The SMILES string of the molecule is COC(CN(C)C)(OC)OC. The second-order valence-corrected chi connectivity index (χ2v) is 2.53. The first-order chi connectivity index (χ1) is 5.10. The summed E-state index contributed by atoms with van der Waals surface area (Å²) in [6.07, 6.45) is 0. The maximum absolute atomic E-state index is 5.06. The Labute approximate surface area is 68.0 Å². The first-order valence-electron chi connectivity index (χ1n) is 3.40. The van der Waals surface area contributed by atoms with E-state index in [-0.39, 0.29) is 0 Å². The van der Waals surface area contributed by atoms with Gasteiger partial charge in [0.15, 0.2) is 0 Å². The lowest BCUT2D eigenvalue weighted by Gasteiger charge is -2.30. The van der Waals surface area contributed by atoms with Gasteiger partial charge in [-0.3, -0.25) is 0 Å². The molecule has 0 spiro atoms. The quantitative estimate of drug-likeness (QED) is 0.539. The maximum atomic E-state index is 5.06. The lowest BCUT2D eigenvalue weighted by atomic mass is 10.5. The minimum Gasteiger partial charge on any atom is -0.330 e. The lowest BCUT2D eigenvalue weighted by molar-refractivity contribution is -0.354. The molecule has 0 fully saturated rings. The minimum atomic E-state index is -0.927. The van der Waals surface area contributed by atoms with E-state index in [9.17, 15) is 0 Å². The Hall–Kier alpha value is -0.160. The van der Waals surface area contributed by atoms with E-state index in [0.717, 1.165) is 0 Å². The van der Waals surface area contributed by atoms with Gasteiger partial charge in [0.1, 0.15) is 0 Å². The van der Waals surface area contributed by atoms with E-state index in [4.69, 9.17) is 14.2 Å². The molecule has 0 aliphatic rings. The van der Waals surface area contributed by atoms with Crippen LogP contribution in [0.4, 0.5) is 0 Å². The van der Waals surface area contributed by atoms with Crippen LogP contribution in [0.5, 0.6) is 0 Å². The Morgan fingerprint density at radius 1 is 1.00 bits per heavy atom. The van der Waals surface area contributed by atoms with Crippen molar-refractivity contribution in [2.75, 3.05) is 42.0 Å². The van der Waals surface area contributed by atoms with Gasteiger partial charge in [-0.25, -0.2) is 0 Å². The van der Waals surface area contributed by atoms with Gasteiger partial charge in [0, 0.05) is 21.3 Å². The van der Waals surface area contributed by atoms with E-state index in [2.05, 4.69) is 0 Å². The molecule has 0 rings (SSSR count). The zero-order valence-electron chi connectivity index (χ0n) is 7.88. The monoisotopic (exact) mass is 163 g/mol. The van der Waals surface area contributed by atoms with Crippen molar-refractivity contribution >= 4 is 0 Å². The number of likely N-dealkylation sites (N-methyl/N-ethyl adjacent to an activating group) is 1. The third-order valence-electron chi connectivity index (χ3n) is 1.44. The summed E-state index contributed by atoms with van der Waals surface area (Å²) in [4.78, 5) is 1.93. The fourth-order valence-electron chi connectivity index (χ4n) is 0.831. The minimum absolute atomic E-state index is 0.566. The number of hydrogen-bond donors (Lipinski definition) is 0. The largest absolute Gasteiger partial charge is 0.330 e. The Kier molecular flexibility index (Phi) is 4.60. The van der Waals surface area contributed by atoms with Crippen molar-refractivity contribution in [3.05, 3.63) is 0 Å². The van der Waals surface area contributed by atoms with Crippen molar-refractivity contribution in [3.8, 4) is 0 Å². The summed E-state index contributed by atoms with van der Waals surface area (Å²) in [5, 5.41) is 0. The number of nitrogens with zero attached hydrogens (tertiary/aromatic N) is 1. The highest BCUT2D eigenvalue weighted by Crippen LogP contribution is 2.12. The molecule has 0 aliphatic carbocycles. The van der Waals surface area contributed by atoms with Crippen LogP contribution >= 0.6 is 0 Å². The molecule has 0 aliphatic heterocycles. The summed E-state index contributed by atoms with van der Waals surface area (Å²) in [6, 6.07) is 0. The number of rotatable bonds is 5. The third-order valence-corrected chi connectivity index (χ3v) is 1.44. The average molecular weight is 163 g/mol. The molecule has 0 saturated heterocycles. The standard InChI is InChI=1S/C7H17NO3/c1-8(2)6-7(9-3,10-4)11-5/h6H2,1-5H3. The second kappa shape index (κ2) is 4.66. The van der Waals surface area contributed by atoms with E-state index in [1.54, 1.807) is 21.3 Å². The molecule has 0 atom stereocenters. The zero-order chi connectivity index (χ0) is 8.91. The second-order valence-electron chi connectivity index (χ2n) is 2.53. The number of ether oxygens (including phenoxy) is 3. The fraction of sp³-hybridized carbons (Fsp3) is 1.00. The van der Waals surface area contributed by atoms with E-state index >= 15 is 0 Å². The zero-order valence-corrected chi connectivity index (χ0v) is 7.88. The summed E-state index contributed by atoms with van der Waals surface area (Å²) < 4.78 is 15.2. The highest BCUT2D eigenvalue weighted by atomic mass is 16.9. The van der Waals surface area contributed by atoms with E-state index in [0.29, 0.717) is 6.54 Å². The van der Waals surface area contributed by atoms with Crippen LogP contribution in [0.2, 0.25) is 0 Å². The van der Waals surface area contributed by atoms with Gasteiger partial charge in [-0.1, -0.05) is 0 Å². The molecule has 68 valence electrons. The van der Waals surface area contributed by atoms with Crippen LogP contribution in [0.3, 0.4) is 0 Å². The molecule has 0 N–H and O–H groups in total. The molecule has 0 heterocycles. The van der Waals surface area contributed by atoms with Gasteiger partial charge in [0.05, 0.1) is 6.54 Å². The Bertz CT molecular complexity index is 93.6. The smallest absolute Gasteiger partial charge is 0.295 e. The highest BCUT2D eigenvalue weighted by Gasteiger charge is 2.29. The highest BCUT2D eigenvalue weighted by molar-refractivity contribution is 4.58. The Balaban J connectivity index is 4.05. The van der Waals surface area contributed by atoms with Gasteiger partial charge in [0.25, 0.3) is 5.97 Å². The van der Waals surface area contributed by atoms with Crippen molar-refractivity contribution in [2.24, 2.45) is 0 Å². The molecule has 0 aromatic carbocycles. The van der Waals surface area contributed by atoms with Crippen LogP contribution in [0.15, 0.2) is 0 Å². The lowest BCUT2D eigenvalue weighted by Crippen LogP contribution is -2.45. The van der Waals surface area contributed by atoms with Gasteiger partial charge >= 0.3 is 0 Å². The van der Waals surface area contributed by atoms with E-state index < -0.39 is 5.97 Å². The van der Waals surface area contributed by atoms with Crippen molar-refractivity contribution < 1.29 is 14.2 Å². The molecular formula is C7H17NO3. The molecular weight excluding hydrogens is 146 g/mol. The summed E-state index contributed by atoms with van der Waals surface area (Å²) in [6.45, 7) is 0.566. The predicted octanol–water partition coefficient (Wildman–Crippen LogP) is 0.141. The average Bonchev–Trinajstić information content (AvgIpc) is 2.00. The van der Waals surface area contributed by atoms with Crippen LogP contribution in [0.25, 0.3) is 0 Å². The fourth-order valence-corrected chi connectivity index (χ4v) is 0.831. The van der Waals surface area contributed by atoms with Gasteiger partial charge in [-0.05, 0) is 14.1 Å². The van der Waals surface area contributed by atoms with Gasteiger partial charge in [-0.2, -0.15) is 0 Å². The molecule has 0 amide bonds. The molecule has 0 aromatic rings. The third kappa shape index (κ3) is 3.16. The van der Waals surface area contributed by atoms with E-state index in [1.165, 1.54) is 0 Å². The predicted molar refractivity (Wildman–Crippen MR) is 42.3 cm³/mol. The van der Waals surface area contributed by atoms with Crippen LogP contribution in [-0.2, 0) is 14.2 Å². The molecule has 0 saturated carbocycles. The molecule has 4 heteroatoms. The molecule has 0 bridgehead atoms. The topological polar surface area (TPSA) is 30.9 Å². The summed E-state index contributed by atoms with van der Waals surface area (Å²) in [5.41, 5.74) is 0. The van der Waals surface area contributed by atoms with Crippen molar-refractivity contribution in [1.29, 1.82) is 0 Å². The number of hydrogen-bond acceptors (Lipinski definition) is 4. The maximum Gasteiger partial charge on any atom is 0.295 e. The summed E-state index contributed by atoms with van der Waals surface area (Å²) in [5.74, 6) is -0.927. The molecule has 0 unspecified atom stereocenters. The van der Waals surface area contributed by atoms with Gasteiger partial charge in [-0.15, -0.1) is 0 Å². The van der Waals surface area contributed by atoms with E-state index in [1.807, 2.05) is 19.0 Å². The molecule has 0 radical (unpaired) electrons. The first kappa shape index (κ1) is 10.8. The van der Waals surface area contributed by atoms with Crippen LogP contribution in [0, 0.1) is 0 Å². The Morgan fingerprint density at radius 3 is 1.45 bits per heavy atom. The normalized spacial score (nSPS) is 12.5. The van der Waals surface area contributed by atoms with Gasteiger partial charge < -0.3 is 19.1 Å². The van der Waals surface area contributed by atoms with Crippen molar-refractivity contribution in [3.63, 3.8) is 0 Å². The Morgan fingerprint density at radius 2 is 1.36 bits per heavy atom. The van der Waals surface area contributed by atoms with Crippen LogP contribution in [0.1, 0.15) is 0 Å². The van der Waals surface area contributed by atoms with Crippen LogP contribution in [-0.4, -0.2) is 52.8 Å². The van der Waals surface area contributed by atoms with Crippen LogP contribution < -0.4 is 0 Å². The summed E-state index contributed by atoms with van der Waals surface area (Å²) >= 11 is 0. The van der Waals surface area contributed by atoms with Crippen molar-refractivity contribution in [1.82, 2.24) is 4.90 Å². The summed E-state index contributed by atoms with van der Waals surface area (Å²) in [7, 11) is 8.50. The molecule has 0 aromatic heterocycles. The van der Waals surface area contributed by atoms with Gasteiger partial charge in [0.2, 0.25) is 0 Å².